The molecule has 7 nitrogen and oxygen atoms in total. The molecule has 0 radical (unpaired) electrons. The zero-order valence-electron chi connectivity index (χ0n) is 11.5. The van der Waals surface area contributed by atoms with Crippen LogP contribution in [0.25, 0.3) is 0 Å². The van der Waals surface area contributed by atoms with E-state index in [2.05, 4.69) is 9.71 Å². The summed E-state index contributed by atoms with van der Waals surface area (Å²) < 4.78 is 27.1. The van der Waals surface area contributed by atoms with Gasteiger partial charge in [0.25, 0.3) is 5.56 Å². The van der Waals surface area contributed by atoms with Crippen LogP contribution in [0.2, 0.25) is 0 Å². The van der Waals surface area contributed by atoms with Gasteiger partial charge in [-0.3, -0.25) is 9.78 Å². The van der Waals surface area contributed by atoms with Gasteiger partial charge in [0.1, 0.15) is 0 Å². The molecule has 1 heterocycles. The largest absolute Gasteiger partial charge is 0.325 e. The number of rotatable bonds is 4. The van der Waals surface area contributed by atoms with Crippen LogP contribution >= 0.6 is 0 Å². The minimum Gasteiger partial charge on any atom is -0.310 e. The van der Waals surface area contributed by atoms with Crippen LogP contribution in [0.15, 0.2) is 44.8 Å². The van der Waals surface area contributed by atoms with E-state index < -0.39 is 32.2 Å². The summed E-state index contributed by atoms with van der Waals surface area (Å²) in [6.07, 6.45) is 0. The molecular formula is C13H15N3O4S. The van der Waals surface area contributed by atoms with Gasteiger partial charge in [0, 0.05) is 11.7 Å². The molecule has 1 aromatic carbocycles. The van der Waals surface area contributed by atoms with Crippen molar-refractivity contribution in [2.75, 3.05) is 0 Å². The Morgan fingerprint density at radius 1 is 1.10 bits per heavy atom. The summed E-state index contributed by atoms with van der Waals surface area (Å²) in [5.74, 6) is 0. The predicted molar refractivity (Wildman–Crippen MR) is 77.6 cm³/mol. The third kappa shape index (κ3) is 3.29. The molecule has 0 spiro atoms. The van der Waals surface area contributed by atoms with E-state index in [-0.39, 0.29) is 5.69 Å². The first-order chi connectivity index (χ1) is 9.81. The molecule has 0 saturated heterocycles. The van der Waals surface area contributed by atoms with Gasteiger partial charge in [0.15, 0.2) is 4.90 Å². The summed E-state index contributed by atoms with van der Waals surface area (Å²) in [4.78, 5) is 26.5. The maximum Gasteiger partial charge on any atom is 0.325 e. The number of nitrogens with one attached hydrogen (secondary N) is 3. The van der Waals surface area contributed by atoms with Crippen LogP contribution < -0.4 is 16.0 Å². The number of H-pyrrole nitrogens is 2. The summed E-state index contributed by atoms with van der Waals surface area (Å²) in [7, 11) is -4.05. The molecule has 0 aliphatic rings. The summed E-state index contributed by atoms with van der Waals surface area (Å²) in [6, 6.07) is 8.44. The van der Waals surface area contributed by atoms with Crippen LogP contribution in [0.5, 0.6) is 0 Å². The van der Waals surface area contributed by atoms with E-state index in [9.17, 15) is 18.0 Å². The van der Waals surface area contributed by atoms with Crippen molar-refractivity contribution >= 4 is 10.0 Å². The highest BCUT2D eigenvalue weighted by Crippen LogP contribution is 2.15. The first kappa shape index (κ1) is 15.2. The topological polar surface area (TPSA) is 112 Å². The molecule has 0 fully saturated rings. The number of benzene rings is 1. The van der Waals surface area contributed by atoms with Crippen molar-refractivity contribution in [2.45, 2.75) is 24.8 Å². The Bertz CT molecular complexity index is 853. The minimum atomic E-state index is -4.05. The third-order valence-electron chi connectivity index (χ3n) is 2.98. The zero-order valence-corrected chi connectivity index (χ0v) is 12.3. The summed E-state index contributed by atoms with van der Waals surface area (Å²) in [5, 5.41) is 0. The SMILES string of the molecule is Cc1[nH]c(=O)[nH]c(=O)c1S(=O)(=O)N[C@H](C)c1ccccc1. The number of hydrogen-bond acceptors (Lipinski definition) is 4. The number of aromatic amines is 2. The highest BCUT2D eigenvalue weighted by Gasteiger charge is 2.24. The Labute approximate surface area is 121 Å². The van der Waals surface area contributed by atoms with Crippen molar-refractivity contribution in [1.29, 1.82) is 0 Å². The van der Waals surface area contributed by atoms with Crippen molar-refractivity contribution < 1.29 is 8.42 Å². The molecule has 0 aliphatic carbocycles. The number of aryl methyl sites for hydroxylation is 1. The fraction of sp³-hybridized carbons (Fsp3) is 0.231. The van der Waals surface area contributed by atoms with Gasteiger partial charge in [0.2, 0.25) is 10.0 Å². The highest BCUT2D eigenvalue weighted by molar-refractivity contribution is 7.89. The lowest BCUT2D eigenvalue weighted by Gasteiger charge is -2.14. The Morgan fingerprint density at radius 3 is 2.29 bits per heavy atom. The molecule has 0 unspecified atom stereocenters. The van der Waals surface area contributed by atoms with Crippen molar-refractivity contribution in [2.24, 2.45) is 0 Å². The molecule has 1 aromatic heterocycles. The second kappa shape index (κ2) is 5.66. The van der Waals surface area contributed by atoms with Crippen LogP contribution in [0, 0.1) is 6.92 Å². The number of hydrogen-bond donors (Lipinski definition) is 3. The molecule has 2 rings (SSSR count). The molecule has 112 valence electrons. The quantitative estimate of drug-likeness (QED) is 0.759. The Hall–Kier alpha value is -2.19. The van der Waals surface area contributed by atoms with Gasteiger partial charge in [-0.1, -0.05) is 30.3 Å². The number of sulfonamides is 1. The Balaban J connectivity index is 2.40. The van der Waals surface area contributed by atoms with E-state index in [1.165, 1.54) is 6.92 Å². The lowest BCUT2D eigenvalue weighted by molar-refractivity contribution is 0.563. The summed E-state index contributed by atoms with van der Waals surface area (Å²) in [5.41, 5.74) is -0.923. The molecular weight excluding hydrogens is 294 g/mol. The van der Waals surface area contributed by atoms with Crippen LogP contribution in [-0.4, -0.2) is 18.4 Å². The molecule has 1 atom stereocenters. The average molecular weight is 309 g/mol. The van der Waals surface area contributed by atoms with Gasteiger partial charge in [-0.2, -0.15) is 0 Å². The minimum absolute atomic E-state index is 0.00323. The normalized spacial score (nSPS) is 13.0. The lowest BCUT2D eigenvalue weighted by Crippen LogP contribution is -2.35. The molecule has 21 heavy (non-hydrogen) atoms. The smallest absolute Gasteiger partial charge is 0.310 e. The molecule has 2 aromatic rings. The molecule has 8 heteroatoms. The lowest BCUT2D eigenvalue weighted by atomic mass is 10.1. The second-order valence-corrected chi connectivity index (χ2v) is 6.27. The van der Waals surface area contributed by atoms with Crippen molar-refractivity contribution in [3.05, 3.63) is 62.4 Å². The monoisotopic (exact) mass is 309 g/mol. The molecule has 0 amide bonds. The van der Waals surface area contributed by atoms with E-state index in [1.54, 1.807) is 31.2 Å². The second-order valence-electron chi connectivity index (χ2n) is 4.62. The Kier molecular flexibility index (Phi) is 4.10. The van der Waals surface area contributed by atoms with E-state index in [1.807, 2.05) is 11.1 Å². The highest BCUT2D eigenvalue weighted by atomic mass is 32.2. The van der Waals surface area contributed by atoms with Gasteiger partial charge >= 0.3 is 5.69 Å². The zero-order chi connectivity index (χ0) is 15.6. The van der Waals surface area contributed by atoms with Gasteiger partial charge < -0.3 is 4.98 Å². The fourth-order valence-electron chi connectivity index (χ4n) is 2.01. The average Bonchev–Trinajstić information content (AvgIpc) is 2.37. The van der Waals surface area contributed by atoms with Crippen LogP contribution in [-0.2, 0) is 10.0 Å². The molecule has 3 N–H and O–H groups in total. The first-order valence-electron chi connectivity index (χ1n) is 6.22. The van der Waals surface area contributed by atoms with E-state index in [4.69, 9.17) is 0 Å². The van der Waals surface area contributed by atoms with Crippen LogP contribution in [0.4, 0.5) is 0 Å². The summed E-state index contributed by atoms with van der Waals surface area (Å²) >= 11 is 0. The van der Waals surface area contributed by atoms with Gasteiger partial charge in [-0.25, -0.2) is 17.9 Å². The standard InChI is InChI=1S/C13H15N3O4S/c1-8(10-6-4-3-5-7-10)16-21(19,20)11-9(2)14-13(18)15-12(11)17/h3-8,16H,1-2H3,(H2,14,15,17,18)/t8-/m1/s1. The molecule has 0 bridgehead atoms. The van der Waals surface area contributed by atoms with Crippen LogP contribution in [0.1, 0.15) is 24.2 Å². The first-order valence-corrected chi connectivity index (χ1v) is 7.70. The van der Waals surface area contributed by atoms with Crippen molar-refractivity contribution in [1.82, 2.24) is 14.7 Å². The van der Waals surface area contributed by atoms with Crippen LogP contribution in [0.3, 0.4) is 0 Å². The maximum atomic E-state index is 12.3. The molecule has 0 saturated carbocycles. The Morgan fingerprint density at radius 2 is 1.71 bits per heavy atom. The van der Waals surface area contributed by atoms with Crippen molar-refractivity contribution in [3.63, 3.8) is 0 Å². The van der Waals surface area contributed by atoms with Gasteiger partial charge in [-0.15, -0.1) is 0 Å². The maximum absolute atomic E-state index is 12.3. The number of aromatic nitrogens is 2. The predicted octanol–water partition coefficient (Wildman–Crippen LogP) is 0.411. The molecule has 0 aliphatic heterocycles. The van der Waals surface area contributed by atoms with Crippen molar-refractivity contribution in [3.8, 4) is 0 Å². The van der Waals surface area contributed by atoms with E-state index in [0.29, 0.717) is 0 Å². The van der Waals surface area contributed by atoms with E-state index >= 15 is 0 Å². The fourth-order valence-corrected chi connectivity index (χ4v) is 3.48. The van der Waals surface area contributed by atoms with Gasteiger partial charge in [-0.05, 0) is 19.4 Å². The third-order valence-corrected chi connectivity index (χ3v) is 4.67. The van der Waals surface area contributed by atoms with Gasteiger partial charge in [0.05, 0.1) is 0 Å². The van der Waals surface area contributed by atoms with E-state index in [0.717, 1.165) is 5.56 Å². The summed E-state index contributed by atoms with van der Waals surface area (Å²) in [6.45, 7) is 3.03.